The van der Waals surface area contributed by atoms with Crippen LogP contribution in [0.25, 0.3) is 10.8 Å². The minimum atomic E-state index is -4.97. The van der Waals surface area contributed by atoms with Crippen molar-refractivity contribution >= 4 is 10.8 Å². The van der Waals surface area contributed by atoms with Gasteiger partial charge in [-0.15, -0.1) is 13.2 Å². The lowest BCUT2D eigenvalue weighted by molar-refractivity contribution is -0.275. The van der Waals surface area contributed by atoms with Crippen LogP contribution in [0.15, 0.2) is 48.5 Å². The summed E-state index contributed by atoms with van der Waals surface area (Å²) >= 11 is 0. The number of ether oxygens (including phenoxy) is 3. The predicted octanol–water partition coefficient (Wildman–Crippen LogP) is 8.69. The average molecular weight is 551 g/mol. The number of hydrogen-bond acceptors (Lipinski definition) is 3. The molecule has 0 saturated carbocycles. The van der Waals surface area contributed by atoms with Gasteiger partial charge in [-0.05, 0) is 59.9 Å². The Morgan fingerprint density at radius 3 is 2.28 bits per heavy atom. The van der Waals surface area contributed by atoms with Gasteiger partial charge in [0.15, 0.2) is 17.9 Å². The monoisotopic (exact) mass is 550 g/mol. The molecule has 0 unspecified atom stereocenters. The maximum Gasteiger partial charge on any atom is 0.573 e. The summed E-state index contributed by atoms with van der Waals surface area (Å²) in [4.78, 5) is 0. The van der Waals surface area contributed by atoms with Crippen LogP contribution in [-0.2, 0) is 28.7 Å². The molecule has 0 amide bonds. The normalized spacial score (nSPS) is 18.0. The molecule has 1 saturated heterocycles. The highest BCUT2D eigenvalue weighted by Gasteiger charge is 2.32. The van der Waals surface area contributed by atoms with Crippen LogP contribution in [0.3, 0.4) is 0 Å². The van der Waals surface area contributed by atoms with E-state index in [1.807, 2.05) is 18.2 Å². The summed E-state index contributed by atoms with van der Waals surface area (Å²) < 4.78 is 81.7. The molecule has 3 aromatic rings. The molecular formula is C31H35F5O3. The lowest BCUT2D eigenvalue weighted by Gasteiger charge is -2.29. The standard InChI is InChI=1S/C31H35F5O3/c1-2-3-4-5-6-23-19-37-29(38-20-23)16-10-21-8-14-26-25(17-21)13-12-24(30(26)33)11-7-22-9-15-28(27(32)18-22)39-31(34,35)36/h8-9,12-15,17-18,23,29H,2-7,10-11,16,19-20H2,1H3. The first kappa shape index (κ1) is 29.3. The summed E-state index contributed by atoms with van der Waals surface area (Å²) in [5, 5.41) is 1.28. The van der Waals surface area contributed by atoms with Crippen molar-refractivity contribution in [1.82, 2.24) is 0 Å². The summed E-state index contributed by atoms with van der Waals surface area (Å²) in [7, 11) is 0. The Morgan fingerprint density at radius 2 is 1.56 bits per heavy atom. The van der Waals surface area contributed by atoms with Gasteiger partial charge in [-0.1, -0.05) is 69.0 Å². The van der Waals surface area contributed by atoms with E-state index in [4.69, 9.17) is 9.47 Å². The van der Waals surface area contributed by atoms with Gasteiger partial charge in [0.05, 0.1) is 13.2 Å². The fraction of sp³-hybridized carbons (Fsp3) is 0.484. The molecular weight excluding hydrogens is 515 g/mol. The molecule has 1 fully saturated rings. The molecule has 0 aliphatic carbocycles. The van der Waals surface area contributed by atoms with Crippen LogP contribution in [0, 0.1) is 17.6 Å². The quantitative estimate of drug-likeness (QED) is 0.167. The second kappa shape index (κ2) is 13.6. The molecule has 1 aliphatic rings. The van der Waals surface area contributed by atoms with E-state index in [2.05, 4.69) is 11.7 Å². The molecule has 0 spiro atoms. The number of fused-ring (bicyclic) bond motifs is 1. The first-order valence-corrected chi connectivity index (χ1v) is 13.7. The molecule has 8 heteroatoms. The maximum atomic E-state index is 15.2. The largest absolute Gasteiger partial charge is 0.573 e. The van der Waals surface area contributed by atoms with E-state index in [-0.39, 0.29) is 24.9 Å². The maximum absolute atomic E-state index is 15.2. The highest BCUT2D eigenvalue weighted by atomic mass is 19.4. The molecule has 3 aromatic carbocycles. The van der Waals surface area contributed by atoms with Gasteiger partial charge in [-0.2, -0.15) is 0 Å². The summed E-state index contributed by atoms with van der Waals surface area (Å²) in [5.74, 6) is -1.87. The van der Waals surface area contributed by atoms with Crippen LogP contribution in [0.4, 0.5) is 22.0 Å². The molecule has 0 N–H and O–H groups in total. The van der Waals surface area contributed by atoms with Crippen molar-refractivity contribution < 1.29 is 36.2 Å². The van der Waals surface area contributed by atoms with E-state index in [1.165, 1.54) is 31.7 Å². The van der Waals surface area contributed by atoms with Gasteiger partial charge in [0.1, 0.15) is 5.82 Å². The molecule has 0 atom stereocenters. The second-order valence-electron chi connectivity index (χ2n) is 10.3. The number of unbranched alkanes of at least 4 members (excludes halogenated alkanes) is 3. The number of alkyl halides is 3. The van der Waals surface area contributed by atoms with E-state index < -0.39 is 17.9 Å². The number of rotatable bonds is 12. The van der Waals surface area contributed by atoms with Crippen molar-refractivity contribution in [3.63, 3.8) is 0 Å². The summed E-state index contributed by atoms with van der Waals surface area (Å²) in [6, 6.07) is 12.5. The third kappa shape index (κ3) is 8.64. The van der Waals surface area contributed by atoms with Crippen LogP contribution in [0.5, 0.6) is 5.75 Å². The highest BCUT2D eigenvalue weighted by molar-refractivity contribution is 5.84. The summed E-state index contributed by atoms with van der Waals surface area (Å²) in [6.45, 7) is 3.68. The van der Waals surface area contributed by atoms with Crippen LogP contribution in [-0.4, -0.2) is 25.9 Å². The first-order valence-electron chi connectivity index (χ1n) is 13.7. The van der Waals surface area contributed by atoms with Gasteiger partial charge in [0.2, 0.25) is 0 Å². The van der Waals surface area contributed by atoms with Gasteiger partial charge in [0.25, 0.3) is 0 Å². The van der Waals surface area contributed by atoms with Crippen molar-refractivity contribution in [2.24, 2.45) is 5.92 Å². The van der Waals surface area contributed by atoms with Crippen molar-refractivity contribution in [2.75, 3.05) is 13.2 Å². The minimum absolute atomic E-state index is 0.217. The van der Waals surface area contributed by atoms with Gasteiger partial charge in [-0.3, -0.25) is 0 Å². The minimum Gasteiger partial charge on any atom is -0.403 e. The Bertz CT molecular complexity index is 1220. The number of aryl methyl sites for hydroxylation is 3. The Labute approximate surface area is 226 Å². The average Bonchev–Trinajstić information content (AvgIpc) is 2.91. The van der Waals surface area contributed by atoms with Gasteiger partial charge in [-0.25, -0.2) is 8.78 Å². The zero-order chi connectivity index (χ0) is 27.8. The molecule has 39 heavy (non-hydrogen) atoms. The smallest absolute Gasteiger partial charge is 0.403 e. The van der Waals surface area contributed by atoms with Crippen molar-refractivity contribution in [2.45, 2.75) is 77.4 Å². The zero-order valence-electron chi connectivity index (χ0n) is 22.2. The molecule has 0 aromatic heterocycles. The lowest BCUT2D eigenvalue weighted by Crippen LogP contribution is -2.32. The Morgan fingerprint density at radius 1 is 0.821 bits per heavy atom. The van der Waals surface area contributed by atoms with E-state index in [0.717, 1.165) is 55.6 Å². The van der Waals surface area contributed by atoms with Gasteiger partial charge in [0, 0.05) is 17.7 Å². The van der Waals surface area contributed by atoms with Crippen molar-refractivity contribution in [3.05, 3.63) is 76.9 Å². The predicted molar refractivity (Wildman–Crippen MR) is 141 cm³/mol. The lowest BCUT2D eigenvalue weighted by atomic mass is 9.98. The molecule has 212 valence electrons. The van der Waals surface area contributed by atoms with Crippen molar-refractivity contribution in [3.8, 4) is 5.75 Å². The van der Waals surface area contributed by atoms with E-state index in [1.54, 1.807) is 12.1 Å². The summed E-state index contributed by atoms with van der Waals surface area (Å²) in [5.41, 5.74) is 1.98. The van der Waals surface area contributed by atoms with Gasteiger partial charge < -0.3 is 14.2 Å². The highest BCUT2D eigenvalue weighted by Crippen LogP contribution is 2.28. The Balaban J connectivity index is 1.29. The molecule has 3 nitrogen and oxygen atoms in total. The van der Waals surface area contributed by atoms with Crippen molar-refractivity contribution in [1.29, 1.82) is 0 Å². The van der Waals surface area contributed by atoms with Crippen LogP contribution in [0.2, 0.25) is 0 Å². The molecule has 1 heterocycles. The number of benzene rings is 3. The van der Waals surface area contributed by atoms with E-state index >= 15 is 4.39 Å². The topological polar surface area (TPSA) is 27.7 Å². The van der Waals surface area contributed by atoms with E-state index in [9.17, 15) is 17.6 Å². The van der Waals surface area contributed by atoms with Crippen LogP contribution >= 0.6 is 0 Å². The van der Waals surface area contributed by atoms with E-state index in [0.29, 0.717) is 22.4 Å². The SMILES string of the molecule is CCCCCCC1COC(CCc2ccc3c(F)c(CCc4ccc(OC(F)(F)F)c(F)c4)ccc3c2)OC1. The Hall–Kier alpha value is -2.71. The molecule has 0 radical (unpaired) electrons. The third-order valence-electron chi connectivity index (χ3n) is 7.17. The first-order chi connectivity index (χ1) is 18.7. The van der Waals surface area contributed by atoms with Crippen LogP contribution < -0.4 is 4.74 Å². The fourth-order valence-electron chi connectivity index (χ4n) is 4.98. The number of halogens is 5. The van der Waals surface area contributed by atoms with Gasteiger partial charge >= 0.3 is 6.36 Å². The Kier molecular flexibility index (Phi) is 10.2. The summed E-state index contributed by atoms with van der Waals surface area (Å²) in [6.07, 6.45) is 2.98. The second-order valence-corrected chi connectivity index (χ2v) is 10.3. The van der Waals surface area contributed by atoms with Crippen LogP contribution in [0.1, 0.15) is 62.1 Å². The zero-order valence-corrected chi connectivity index (χ0v) is 22.2. The molecule has 0 bridgehead atoms. The fourth-order valence-corrected chi connectivity index (χ4v) is 4.98. The third-order valence-corrected chi connectivity index (χ3v) is 7.17. The number of hydrogen-bond donors (Lipinski definition) is 0. The molecule has 4 rings (SSSR count). The molecule has 1 aliphatic heterocycles.